The minimum atomic E-state index is 0.814. The van der Waals surface area contributed by atoms with E-state index in [1.165, 1.54) is 5.69 Å². The van der Waals surface area contributed by atoms with Gasteiger partial charge in [0.05, 0.1) is 6.26 Å². The SMILES string of the molecule is CN=C(NCCCN1CCN(c2ccccc2)CC1)NCCc1ccco1. The number of para-hydroxylation sites is 1. The van der Waals surface area contributed by atoms with Crippen LogP contribution in [0.4, 0.5) is 5.69 Å². The topological polar surface area (TPSA) is 56.0 Å². The number of nitrogens with one attached hydrogen (secondary N) is 2. The molecule has 6 heteroatoms. The molecule has 3 rings (SSSR count). The second-order valence-corrected chi connectivity index (χ2v) is 6.77. The van der Waals surface area contributed by atoms with Gasteiger partial charge in [0.25, 0.3) is 0 Å². The van der Waals surface area contributed by atoms with E-state index in [9.17, 15) is 0 Å². The van der Waals surface area contributed by atoms with Crippen LogP contribution in [0.2, 0.25) is 0 Å². The molecular weight excluding hydrogens is 338 g/mol. The lowest BCUT2D eigenvalue weighted by molar-refractivity contribution is 0.255. The molecule has 6 nitrogen and oxygen atoms in total. The molecule has 1 fully saturated rings. The Kier molecular flexibility index (Phi) is 7.59. The number of hydrogen-bond acceptors (Lipinski definition) is 4. The molecule has 1 aliphatic rings. The molecule has 1 aromatic heterocycles. The summed E-state index contributed by atoms with van der Waals surface area (Å²) >= 11 is 0. The molecule has 1 aliphatic heterocycles. The highest BCUT2D eigenvalue weighted by Crippen LogP contribution is 2.15. The molecule has 2 aromatic rings. The summed E-state index contributed by atoms with van der Waals surface area (Å²) in [6, 6.07) is 14.6. The molecule has 0 radical (unpaired) electrons. The van der Waals surface area contributed by atoms with Gasteiger partial charge in [-0.1, -0.05) is 18.2 Å². The predicted molar refractivity (Wildman–Crippen MR) is 111 cm³/mol. The fourth-order valence-corrected chi connectivity index (χ4v) is 3.36. The summed E-state index contributed by atoms with van der Waals surface area (Å²) in [5.74, 6) is 1.85. The van der Waals surface area contributed by atoms with E-state index >= 15 is 0 Å². The van der Waals surface area contributed by atoms with Crippen molar-refractivity contribution in [1.29, 1.82) is 0 Å². The minimum absolute atomic E-state index is 0.814. The van der Waals surface area contributed by atoms with E-state index < -0.39 is 0 Å². The molecule has 2 N–H and O–H groups in total. The van der Waals surface area contributed by atoms with E-state index in [2.05, 4.69) is 55.8 Å². The maximum absolute atomic E-state index is 5.34. The van der Waals surface area contributed by atoms with E-state index in [1.54, 1.807) is 6.26 Å². The van der Waals surface area contributed by atoms with E-state index in [0.29, 0.717) is 0 Å². The second-order valence-electron chi connectivity index (χ2n) is 6.77. The van der Waals surface area contributed by atoms with E-state index in [1.807, 2.05) is 19.2 Å². The third-order valence-corrected chi connectivity index (χ3v) is 4.90. The smallest absolute Gasteiger partial charge is 0.190 e. The molecule has 0 unspecified atom stereocenters. The summed E-state index contributed by atoms with van der Waals surface area (Å²) in [5, 5.41) is 6.72. The fraction of sp³-hybridized carbons (Fsp3) is 0.476. The molecule has 0 amide bonds. The van der Waals surface area contributed by atoms with Crippen LogP contribution < -0.4 is 15.5 Å². The van der Waals surface area contributed by atoms with Gasteiger partial charge < -0.3 is 20.0 Å². The summed E-state index contributed by atoms with van der Waals surface area (Å²) < 4.78 is 5.34. The number of furan rings is 1. The highest BCUT2D eigenvalue weighted by atomic mass is 16.3. The molecule has 146 valence electrons. The van der Waals surface area contributed by atoms with Gasteiger partial charge in [0.1, 0.15) is 5.76 Å². The predicted octanol–water partition coefficient (Wildman–Crippen LogP) is 2.20. The molecule has 0 bridgehead atoms. The monoisotopic (exact) mass is 369 g/mol. The van der Waals surface area contributed by atoms with Crippen molar-refractivity contribution < 1.29 is 4.42 Å². The second kappa shape index (κ2) is 10.6. The van der Waals surface area contributed by atoms with Crippen LogP contribution in [-0.4, -0.2) is 63.7 Å². The number of guanidine groups is 1. The first kappa shape index (κ1) is 19.3. The first-order valence-corrected chi connectivity index (χ1v) is 9.84. The molecule has 0 saturated carbocycles. The van der Waals surface area contributed by atoms with Crippen molar-refractivity contribution in [3.05, 3.63) is 54.5 Å². The molecular formula is C21H31N5O. The van der Waals surface area contributed by atoms with Crippen LogP contribution in [0.5, 0.6) is 0 Å². The zero-order valence-electron chi connectivity index (χ0n) is 16.2. The van der Waals surface area contributed by atoms with Crippen LogP contribution in [0.3, 0.4) is 0 Å². The number of benzene rings is 1. The maximum atomic E-state index is 5.34. The number of aliphatic imine (C=N–C) groups is 1. The summed E-state index contributed by atoms with van der Waals surface area (Å²) in [6.45, 7) is 7.34. The third-order valence-electron chi connectivity index (χ3n) is 4.90. The quantitative estimate of drug-likeness (QED) is 0.424. The Balaban J connectivity index is 1.26. The van der Waals surface area contributed by atoms with Crippen LogP contribution in [0, 0.1) is 0 Å². The third kappa shape index (κ3) is 6.32. The van der Waals surface area contributed by atoms with Crippen LogP contribution in [0.1, 0.15) is 12.2 Å². The zero-order chi connectivity index (χ0) is 18.7. The van der Waals surface area contributed by atoms with Crippen molar-refractivity contribution >= 4 is 11.6 Å². The van der Waals surface area contributed by atoms with Gasteiger partial charge in [0.15, 0.2) is 5.96 Å². The summed E-state index contributed by atoms with van der Waals surface area (Å²) in [5.41, 5.74) is 1.34. The first-order valence-electron chi connectivity index (χ1n) is 9.84. The van der Waals surface area contributed by atoms with Crippen molar-refractivity contribution in [3.8, 4) is 0 Å². The van der Waals surface area contributed by atoms with Crippen LogP contribution in [0.15, 0.2) is 58.1 Å². The zero-order valence-corrected chi connectivity index (χ0v) is 16.2. The fourth-order valence-electron chi connectivity index (χ4n) is 3.36. The van der Waals surface area contributed by atoms with E-state index in [4.69, 9.17) is 4.42 Å². The number of nitrogens with zero attached hydrogens (tertiary/aromatic N) is 3. The van der Waals surface area contributed by atoms with Gasteiger partial charge in [-0.05, 0) is 37.2 Å². The van der Waals surface area contributed by atoms with Crippen LogP contribution in [0.25, 0.3) is 0 Å². The van der Waals surface area contributed by atoms with Gasteiger partial charge in [-0.2, -0.15) is 0 Å². The summed E-state index contributed by atoms with van der Waals surface area (Å²) in [7, 11) is 1.81. The number of rotatable bonds is 8. The highest BCUT2D eigenvalue weighted by molar-refractivity contribution is 5.79. The average Bonchev–Trinajstić information content (AvgIpc) is 3.24. The molecule has 1 saturated heterocycles. The number of piperazine rings is 1. The molecule has 0 spiro atoms. The molecule has 2 heterocycles. The van der Waals surface area contributed by atoms with E-state index in [-0.39, 0.29) is 0 Å². The average molecular weight is 370 g/mol. The minimum Gasteiger partial charge on any atom is -0.469 e. The van der Waals surface area contributed by atoms with E-state index in [0.717, 1.165) is 70.4 Å². The van der Waals surface area contributed by atoms with Crippen molar-refractivity contribution in [2.75, 3.05) is 57.8 Å². The lowest BCUT2D eigenvalue weighted by Crippen LogP contribution is -2.47. The molecule has 0 aliphatic carbocycles. The van der Waals surface area contributed by atoms with Gasteiger partial charge in [-0.25, -0.2) is 0 Å². The number of hydrogen-bond donors (Lipinski definition) is 2. The Morgan fingerprint density at radius 1 is 1.00 bits per heavy atom. The van der Waals surface area contributed by atoms with Crippen LogP contribution >= 0.6 is 0 Å². The number of anilines is 1. The molecule has 0 atom stereocenters. The van der Waals surface area contributed by atoms with Crippen molar-refractivity contribution in [2.24, 2.45) is 4.99 Å². The van der Waals surface area contributed by atoms with Gasteiger partial charge in [-0.3, -0.25) is 9.89 Å². The molecule has 27 heavy (non-hydrogen) atoms. The van der Waals surface area contributed by atoms with Crippen molar-refractivity contribution in [3.63, 3.8) is 0 Å². The van der Waals surface area contributed by atoms with Crippen molar-refractivity contribution in [2.45, 2.75) is 12.8 Å². The lowest BCUT2D eigenvalue weighted by atomic mass is 10.2. The highest BCUT2D eigenvalue weighted by Gasteiger charge is 2.16. The Morgan fingerprint density at radius 2 is 1.78 bits per heavy atom. The van der Waals surface area contributed by atoms with Crippen molar-refractivity contribution in [1.82, 2.24) is 15.5 Å². The van der Waals surface area contributed by atoms with Gasteiger partial charge in [0, 0.05) is 58.4 Å². The Morgan fingerprint density at radius 3 is 2.48 bits per heavy atom. The maximum Gasteiger partial charge on any atom is 0.190 e. The summed E-state index contributed by atoms with van der Waals surface area (Å²) in [6.07, 6.45) is 3.69. The lowest BCUT2D eigenvalue weighted by Gasteiger charge is -2.36. The van der Waals surface area contributed by atoms with Gasteiger partial charge >= 0.3 is 0 Å². The molecule has 1 aromatic carbocycles. The van der Waals surface area contributed by atoms with Crippen LogP contribution in [-0.2, 0) is 6.42 Å². The Hall–Kier alpha value is -2.47. The first-order chi connectivity index (χ1) is 13.3. The standard InChI is InChI=1S/C21H31N5O/c1-22-21(24-12-10-20-9-5-18-27-20)23-11-6-13-25-14-16-26(17-15-25)19-7-3-2-4-8-19/h2-5,7-9,18H,6,10-17H2,1H3,(H2,22,23,24). The van der Waals surface area contributed by atoms with Gasteiger partial charge in [0.2, 0.25) is 0 Å². The largest absolute Gasteiger partial charge is 0.469 e. The normalized spacial score (nSPS) is 15.7. The Bertz CT molecular complexity index is 663. The summed E-state index contributed by atoms with van der Waals surface area (Å²) in [4.78, 5) is 9.30. The van der Waals surface area contributed by atoms with Gasteiger partial charge in [-0.15, -0.1) is 0 Å². The Labute approximate surface area is 162 Å².